The molecule has 0 aliphatic rings. The van der Waals surface area contributed by atoms with Crippen LogP contribution in [0.4, 0.5) is 26.3 Å². The third-order valence-corrected chi connectivity index (χ3v) is 7.64. The number of benzene rings is 4. The van der Waals surface area contributed by atoms with Crippen molar-refractivity contribution < 1.29 is 43.2 Å². The van der Waals surface area contributed by atoms with Gasteiger partial charge in [0.05, 0.1) is 9.79 Å². The van der Waals surface area contributed by atoms with Gasteiger partial charge in [0, 0.05) is 0 Å². The summed E-state index contributed by atoms with van der Waals surface area (Å²) in [5, 5.41) is 1.06. The zero-order chi connectivity index (χ0) is 22.3. The largest absolute Gasteiger partial charge is 0.501 e. The van der Waals surface area contributed by atoms with Crippen molar-refractivity contribution in [2.24, 2.45) is 0 Å². The summed E-state index contributed by atoms with van der Waals surface area (Å²) in [7, 11) is -11.2. The van der Waals surface area contributed by atoms with Crippen LogP contribution in [0.2, 0.25) is 0 Å². The number of hydrogen-bond acceptors (Lipinski definition) is 4. The van der Waals surface area contributed by atoms with Gasteiger partial charge in [-0.15, -0.1) is 0 Å². The Morgan fingerprint density at radius 3 is 0.933 bits per heavy atom. The number of alkyl halides is 6. The Labute approximate surface area is 164 Å². The van der Waals surface area contributed by atoms with Crippen LogP contribution in [0.3, 0.4) is 0 Å². The van der Waals surface area contributed by atoms with Crippen molar-refractivity contribution in [2.75, 3.05) is 0 Å². The van der Waals surface area contributed by atoms with Gasteiger partial charge in [0.2, 0.25) is 0 Å². The molecule has 0 radical (unpaired) electrons. The first-order valence-corrected chi connectivity index (χ1v) is 11.0. The molecule has 158 valence electrons. The highest BCUT2D eigenvalue weighted by Gasteiger charge is 2.48. The van der Waals surface area contributed by atoms with Crippen LogP contribution in [-0.4, -0.2) is 27.9 Å². The molecule has 0 aliphatic carbocycles. The van der Waals surface area contributed by atoms with E-state index in [2.05, 4.69) is 0 Å². The standard InChI is InChI=1S/C18H8F6O4S2/c19-17(20,21)29(25,26)13-5-9-1-2-10-6-14(30(27,28)18(22,23)24)8-12-4-3-11(7-13)15(9)16(10)12/h1-8H. The van der Waals surface area contributed by atoms with Gasteiger partial charge in [0.1, 0.15) is 0 Å². The topological polar surface area (TPSA) is 68.3 Å². The van der Waals surface area contributed by atoms with E-state index in [4.69, 9.17) is 0 Å². The molecule has 30 heavy (non-hydrogen) atoms. The van der Waals surface area contributed by atoms with Crippen molar-refractivity contribution in [3.8, 4) is 0 Å². The van der Waals surface area contributed by atoms with Gasteiger partial charge in [-0.2, -0.15) is 26.3 Å². The van der Waals surface area contributed by atoms with Crippen LogP contribution in [0.25, 0.3) is 32.3 Å². The molecule has 0 heterocycles. The van der Waals surface area contributed by atoms with Crippen LogP contribution >= 0.6 is 0 Å². The first kappa shape index (κ1) is 20.7. The van der Waals surface area contributed by atoms with Crippen molar-refractivity contribution in [3.63, 3.8) is 0 Å². The van der Waals surface area contributed by atoms with Crippen molar-refractivity contribution in [1.29, 1.82) is 0 Å². The molecule has 0 amide bonds. The lowest BCUT2D eigenvalue weighted by molar-refractivity contribution is -0.0442. The van der Waals surface area contributed by atoms with E-state index in [1.165, 1.54) is 24.3 Å². The summed E-state index contributed by atoms with van der Waals surface area (Å²) < 4.78 is 125. The second-order valence-electron chi connectivity index (χ2n) is 6.52. The van der Waals surface area contributed by atoms with E-state index in [-0.39, 0.29) is 21.5 Å². The van der Waals surface area contributed by atoms with Gasteiger partial charge < -0.3 is 0 Å². The first-order chi connectivity index (χ1) is 13.6. The van der Waals surface area contributed by atoms with E-state index in [1.807, 2.05) is 0 Å². The third-order valence-electron chi connectivity index (χ3n) is 4.71. The van der Waals surface area contributed by atoms with E-state index >= 15 is 0 Å². The summed E-state index contributed by atoms with van der Waals surface area (Å²) in [6, 6.07) is 8.20. The van der Waals surface area contributed by atoms with E-state index in [1.54, 1.807) is 0 Å². The Hall–Kier alpha value is -2.60. The molecule has 4 aromatic rings. The van der Waals surface area contributed by atoms with Gasteiger partial charge in [0.25, 0.3) is 19.7 Å². The van der Waals surface area contributed by atoms with Crippen LogP contribution in [0.1, 0.15) is 0 Å². The first-order valence-electron chi connectivity index (χ1n) is 8.00. The lowest BCUT2D eigenvalue weighted by Gasteiger charge is -2.15. The van der Waals surface area contributed by atoms with Gasteiger partial charge in [-0.3, -0.25) is 0 Å². The fourth-order valence-electron chi connectivity index (χ4n) is 3.36. The number of hydrogen-bond donors (Lipinski definition) is 0. The average molecular weight is 466 g/mol. The molecule has 0 saturated heterocycles. The molecule has 0 spiro atoms. The zero-order valence-electron chi connectivity index (χ0n) is 14.3. The molecule has 4 rings (SSSR count). The average Bonchev–Trinajstić information content (AvgIpc) is 2.63. The van der Waals surface area contributed by atoms with E-state index in [0.29, 0.717) is 10.8 Å². The van der Waals surface area contributed by atoms with Crippen molar-refractivity contribution >= 4 is 52.0 Å². The molecule has 0 atom stereocenters. The Morgan fingerprint density at radius 2 is 0.733 bits per heavy atom. The van der Waals surface area contributed by atoms with Gasteiger partial charge in [-0.1, -0.05) is 24.3 Å². The highest BCUT2D eigenvalue weighted by atomic mass is 32.2. The highest BCUT2D eigenvalue weighted by Crippen LogP contribution is 2.41. The summed E-state index contributed by atoms with van der Waals surface area (Å²) in [5.41, 5.74) is -11.0. The lowest BCUT2D eigenvalue weighted by atomic mass is 9.94. The maximum Gasteiger partial charge on any atom is 0.501 e. The van der Waals surface area contributed by atoms with Gasteiger partial charge >= 0.3 is 11.0 Å². The third kappa shape index (κ3) is 2.81. The molecule has 12 heteroatoms. The van der Waals surface area contributed by atoms with E-state index < -0.39 is 40.5 Å². The van der Waals surface area contributed by atoms with Crippen LogP contribution in [-0.2, 0) is 19.7 Å². The minimum absolute atomic E-state index is 0.111. The molecule has 0 aromatic heterocycles. The number of sulfone groups is 2. The molecule has 0 aliphatic heterocycles. The minimum atomic E-state index is -5.61. The maximum atomic E-state index is 12.9. The number of rotatable bonds is 2. The predicted molar refractivity (Wildman–Crippen MR) is 96.6 cm³/mol. The maximum absolute atomic E-state index is 12.9. The highest BCUT2D eigenvalue weighted by molar-refractivity contribution is 7.92. The minimum Gasteiger partial charge on any atom is -0.214 e. The van der Waals surface area contributed by atoms with E-state index in [0.717, 1.165) is 24.3 Å². The second kappa shape index (κ2) is 5.97. The Balaban J connectivity index is 2.07. The van der Waals surface area contributed by atoms with Crippen LogP contribution in [0.5, 0.6) is 0 Å². The molecule has 0 N–H and O–H groups in total. The van der Waals surface area contributed by atoms with Crippen LogP contribution in [0, 0.1) is 0 Å². The molecular weight excluding hydrogens is 458 g/mol. The van der Waals surface area contributed by atoms with Gasteiger partial charge in [0.15, 0.2) is 0 Å². The molecule has 4 aromatic carbocycles. The fourth-order valence-corrected chi connectivity index (χ4v) is 5.02. The molecule has 0 fully saturated rings. The smallest absolute Gasteiger partial charge is 0.214 e. The molecular formula is C18H8F6O4S2. The van der Waals surface area contributed by atoms with Crippen molar-refractivity contribution in [1.82, 2.24) is 0 Å². The van der Waals surface area contributed by atoms with Crippen LogP contribution < -0.4 is 0 Å². The molecule has 0 bridgehead atoms. The molecule has 0 saturated carbocycles. The lowest BCUT2D eigenvalue weighted by Crippen LogP contribution is -2.23. The van der Waals surface area contributed by atoms with Gasteiger partial charge in [-0.25, -0.2) is 16.8 Å². The summed E-state index contributed by atoms with van der Waals surface area (Å²) in [6.45, 7) is 0. The predicted octanol–water partition coefficient (Wildman–Crippen LogP) is 5.17. The SMILES string of the molecule is O=S(=O)(c1cc2ccc3cc(S(=O)(=O)C(F)(F)F)cc4ccc(c1)c2c34)C(F)(F)F. The quantitative estimate of drug-likeness (QED) is 0.302. The Bertz CT molecular complexity index is 1350. The second-order valence-corrected chi connectivity index (χ2v) is 10.4. The summed E-state index contributed by atoms with van der Waals surface area (Å²) in [4.78, 5) is -1.94. The Morgan fingerprint density at radius 1 is 0.500 bits per heavy atom. The summed E-state index contributed by atoms with van der Waals surface area (Å²) >= 11 is 0. The van der Waals surface area contributed by atoms with Crippen LogP contribution in [0.15, 0.2) is 58.3 Å². The van der Waals surface area contributed by atoms with Crippen molar-refractivity contribution in [2.45, 2.75) is 20.8 Å². The Kier molecular flexibility index (Phi) is 4.11. The monoisotopic (exact) mass is 466 g/mol. The molecule has 4 nitrogen and oxygen atoms in total. The number of halogens is 6. The summed E-state index contributed by atoms with van der Waals surface area (Å²) in [5.74, 6) is 0. The zero-order valence-corrected chi connectivity index (χ0v) is 16.0. The normalized spacial score (nSPS) is 14.2. The summed E-state index contributed by atoms with van der Waals surface area (Å²) in [6.07, 6.45) is 0. The van der Waals surface area contributed by atoms with E-state index in [9.17, 15) is 43.2 Å². The fraction of sp³-hybridized carbons (Fsp3) is 0.111. The molecule has 0 unspecified atom stereocenters. The van der Waals surface area contributed by atoms with Gasteiger partial charge in [-0.05, 0) is 56.6 Å². The van der Waals surface area contributed by atoms with Crippen molar-refractivity contribution in [3.05, 3.63) is 48.5 Å².